The molecule has 9 heavy (non-hydrogen) atoms. The zero-order valence-corrected chi connectivity index (χ0v) is 6.02. The Kier molecular flexibility index (Phi) is 4.78. The Balaban J connectivity index is 3.37. The van der Waals surface area contributed by atoms with E-state index in [-0.39, 0.29) is 0 Å². The fourth-order valence-electron chi connectivity index (χ4n) is 0.395. The Labute approximate surface area is 55.9 Å². The van der Waals surface area contributed by atoms with E-state index in [1.54, 1.807) is 0 Å². The first kappa shape index (κ1) is 8.14. The van der Waals surface area contributed by atoms with Gasteiger partial charge in [-0.2, -0.15) is 5.11 Å². The van der Waals surface area contributed by atoms with Gasteiger partial charge in [-0.05, 0) is 13.8 Å². The van der Waals surface area contributed by atoms with Crippen LogP contribution < -0.4 is 5.32 Å². The molecule has 0 heterocycles. The average Bonchev–Trinajstić information content (AvgIpc) is 1.85. The first-order chi connectivity index (χ1) is 4.31. The fourth-order valence-corrected chi connectivity index (χ4v) is 0.395. The molecule has 1 N–H and O–H groups in total. The maximum Gasteiger partial charge on any atom is 0.140 e. The van der Waals surface area contributed by atoms with Crippen LogP contribution >= 0.6 is 0 Å². The molecule has 3 heteroatoms. The van der Waals surface area contributed by atoms with Gasteiger partial charge in [0, 0.05) is 6.54 Å². The van der Waals surface area contributed by atoms with Crippen LogP contribution in [0, 0.1) is 0 Å². The molecule has 0 fully saturated rings. The van der Waals surface area contributed by atoms with E-state index in [2.05, 4.69) is 22.1 Å². The second-order valence-corrected chi connectivity index (χ2v) is 1.53. The lowest BCUT2D eigenvalue weighted by Crippen LogP contribution is -2.08. The molecule has 0 spiro atoms. The van der Waals surface area contributed by atoms with Crippen LogP contribution in [0.4, 0.5) is 0 Å². The largest absolute Gasteiger partial charge is 0.369 e. The summed E-state index contributed by atoms with van der Waals surface area (Å²) in [6, 6.07) is 0. The molecule has 0 saturated carbocycles. The Morgan fingerprint density at radius 3 is 2.67 bits per heavy atom. The van der Waals surface area contributed by atoms with Crippen LogP contribution in [0.5, 0.6) is 0 Å². The van der Waals surface area contributed by atoms with E-state index < -0.39 is 0 Å². The number of nitrogens with one attached hydrogen (secondary N) is 1. The summed E-state index contributed by atoms with van der Waals surface area (Å²) < 4.78 is 0. The normalized spacial score (nSPS) is 10.0. The van der Waals surface area contributed by atoms with Gasteiger partial charge in [0.25, 0.3) is 0 Å². The maximum absolute atomic E-state index is 3.75. The molecule has 0 amide bonds. The van der Waals surface area contributed by atoms with Crippen molar-refractivity contribution < 1.29 is 0 Å². The lowest BCUT2D eigenvalue weighted by atomic mass is 10.7. The molecular formula is C6H13N3. The summed E-state index contributed by atoms with van der Waals surface area (Å²) >= 11 is 0. The molecule has 0 radical (unpaired) electrons. The molecule has 0 aliphatic carbocycles. The molecule has 0 bridgehead atoms. The highest BCUT2D eigenvalue weighted by molar-refractivity contribution is 4.84. The van der Waals surface area contributed by atoms with Crippen LogP contribution in [0.15, 0.2) is 22.6 Å². The summed E-state index contributed by atoms with van der Waals surface area (Å²) in [5.74, 6) is 0.638. The van der Waals surface area contributed by atoms with E-state index in [1.807, 2.05) is 13.8 Å². The average molecular weight is 127 g/mol. The van der Waals surface area contributed by atoms with Gasteiger partial charge in [0.15, 0.2) is 0 Å². The van der Waals surface area contributed by atoms with E-state index in [0.29, 0.717) is 12.4 Å². The molecule has 0 aliphatic heterocycles. The van der Waals surface area contributed by atoms with Crippen molar-refractivity contribution in [3.63, 3.8) is 0 Å². The van der Waals surface area contributed by atoms with Crippen molar-refractivity contribution in [3.05, 3.63) is 12.4 Å². The van der Waals surface area contributed by atoms with Gasteiger partial charge in [-0.15, -0.1) is 5.11 Å². The summed E-state index contributed by atoms with van der Waals surface area (Å²) in [7, 11) is 0. The summed E-state index contributed by atoms with van der Waals surface area (Å²) in [4.78, 5) is 0. The number of hydrogen-bond acceptors (Lipinski definition) is 3. The van der Waals surface area contributed by atoms with Crippen molar-refractivity contribution in [2.75, 3.05) is 13.1 Å². The Hall–Kier alpha value is -0.860. The van der Waals surface area contributed by atoms with E-state index in [1.165, 1.54) is 0 Å². The van der Waals surface area contributed by atoms with E-state index in [0.717, 1.165) is 6.54 Å². The SMILES string of the molecule is C=C(/N=N\CC)NCC. The van der Waals surface area contributed by atoms with Gasteiger partial charge in [-0.3, -0.25) is 0 Å². The predicted molar refractivity (Wildman–Crippen MR) is 38.2 cm³/mol. The van der Waals surface area contributed by atoms with E-state index >= 15 is 0 Å². The zero-order valence-electron chi connectivity index (χ0n) is 6.02. The molecule has 0 rings (SSSR count). The number of hydrogen-bond donors (Lipinski definition) is 1. The molecule has 0 aromatic carbocycles. The topological polar surface area (TPSA) is 36.8 Å². The molecular weight excluding hydrogens is 114 g/mol. The monoisotopic (exact) mass is 127 g/mol. The van der Waals surface area contributed by atoms with Gasteiger partial charge >= 0.3 is 0 Å². The van der Waals surface area contributed by atoms with Crippen molar-refractivity contribution in [2.24, 2.45) is 10.2 Å². The summed E-state index contributed by atoms with van der Waals surface area (Å²) in [6.07, 6.45) is 0. The first-order valence-electron chi connectivity index (χ1n) is 3.11. The fraction of sp³-hybridized carbons (Fsp3) is 0.667. The summed E-state index contributed by atoms with van der Waals surface area (Å²) in [5, 5.41) is 10.4. The minimum Gasteiger partial charge on any atom is -0.369 e. The van der Waals surface area contributed by atoms with Crippen molar-refractivity contribution >= 4 is 0 Å². The quantitative estimate of drug-likeness (QED) is 0.571. The second kappa shape index (κ2) is 5.28. The van der Waals surface area contributed by atoms with Gasteiger partial charge in [0.2, 0.25) is 0 Å². The number of rotatable bonds is 4. The van der Waals surface area contributed by atoms with Crippen LogP contribution in [0.3, 0.4) is 0 Å². The molecule has 52 valence electrons. The zero-order chi connectivity index (χ0) is 7.11. The van der Waals surface area contributed by atoms with Crippen LogP contribution in [-0.4, -0.2) is 13.1 Å². The maximum atomic E-state index is 3.75. The van der Waals surface area contributed by atoms with Crippen molar-refractivity contribution in [3.8, 4) is 0 Å². The van der Waals surface area contributed by atoms with Crippen molar-refractivity contribution in [2.45, 2.75) is 13.8 Å². The molecule has 3 nitrogen and oxygen atoms in total. The van der Waals surface area contributed by atoms with Gasteiger partial charge in [0.05, 0.1) is 6.54 Å². The number of azo groups is 1. The van der Waals surface area contributed by atoms with Crippen LogP contribution in [0.2, 0.25) is 0 Å². The lowest BCUT2D eigenvalue weighted by Gasteiger charge is -1.96. The third kappa shape index (κ3) is 5.00. The third-order valence-corrected chi connectivity index (χ3v) is 0.714. The van der Waals surface area contributed by atoms with Gasteiger partial charge in [-0.25, -0.2) is 0 Å². The molecule has 0 saturated heterocycles. The molecule has 0 aromatic rings. The predicted octanol–water partition coefficient (Wildman–Crippen LogP) is 1.54. The van der Waals surface area contributed by atoms with Crippen LogP contribution in [0.25, 0.3) is 0 Å². The lowest BCUT2D eigenvalue weighted by molar-refractivity contribution is 0.806. The minimum absolute atomic E-state index is 0.638. The van der Waals surface area contributed by atoms with Crippen molar-refractivity contribution in [1.82, 2.24) is 5.32 Å². The van der Waals surface area contributed by atoms with Gasteiger partial charge in [-0.1, -0.05) is 6.58 Å². The van der Waals surface area contributed by atoms with E-state index in [9.17, 15) is 0 Å². The molecule has 0 unspecified atom stereocenters. The third-order valence-electron chi connectivity index (χ3n) is 0.714. The molecule has 0 atom stereocenters. The summed E-state index contributed by atoms with van der Waals surface area (Å²) in [6.45, 7) is 9.10. The van der Waals surface area contributed by atoms with Gasteiger partial charge < -0.3 is 5.32 Å². The highest BCUT2D eigenvalue weighted by atomic mass is 15.2. The standard InChI is InChI=1S/C6H13N3/c1-4-7-6(3)9-8-5-2/h7H,3-5H2,1-2H3/b9-8-. The van der Waals surface area contributed by atoms with Crippen molar-refractivity contribution in [1.29, 1.82) is 0 Å². The highest BCUT2D eigenvalue weighted by Crippen LogP contribution is 1.85. The Morgan fingerprint density at radius 2 is 2.22 bits per heavy atom. The first-order valence-corrected chi connectivity index (χ1v) is 3.11. The van der Waals surface area contributed by atoms with Crippen LogP contribution in [-0.2, 0) is 0 Å². The Bertz CT molecular complexity index is 107. The summed E-state index contributed by atoms with van der Waals surface area (Å²) in [5.41, 5.74) is 0. The molecule has 0 aliphatic rings. The Morgan fingerprint density at radius 1 is 1.56 bits per heavy atom. The highest BCUT2D eigenvalue weighted by Gasteiger charge is 1.81. The minimum atomic E-state index is 0.638. The van der Waals surface area contributed by atoms with Gasteiger partial charge in [0.1, 0.15) is 5.82 Å². The van der Waals surface area contributed by atoms with Crippen LogP contribution in [0.1, 0.15) is 13.8 Å². The number of nitrogens with zero attached hydrogens (tertiary/aromatic N) is 2. The smallest absolute Gasteiger partial charge is 0.140 e. The second-order valence-electron chi connectivity index (χ2n) is 1.53. The molecule has 0 aromatic heterocycles. The van der Waals surface area contributed by atoms with E-state index in [4.69, 9.17) is 0 Å².